The van der Waals surface area contributed by atoms with Crippen LogP contribution in [-0.4, -0.2) is 11.6 Å². The molecule has 0 radical (unpaired) electrons. The SMILES string of the molecule is N#CC(C#N)=C1/C(=C/c2cc3c(s2)-c2sc4c5c(sc4c2OC32CCCCC2)-c2sc(/C=C3\C(=O)c4ccccc4C3=C(C#N)C#N)cc2C2(CCCCC2)O5)C(=O)c2ccccc21. The lowest BCUT2D eigenvalue weighted by Gasteiger charge is -2.41. The fraction of sp³-hybridized carbons (Fsp3) is 0.231. The molecule has 12 rings (SSSR count). The van der Waals surface area contributed by atoms with Gasteiger partial charge in [-0.3, -0.25) is 9.59 Å². The Morgan fingerprint density at radius 2 is 0.891 bits per heavy atom. The Morgan fingerprint density at radius 1 is 0.516 bits per heavy atom. The highest BCUT2D eigenvalue weighted by molar-refractivity contribution is 7.35. The fourth-order valence-electron chi connectivity index (χ4n) is 10.8. The van der Waals surface area contributed by atoms with Gasteiger partial charge in [0.25, 0.3) is 0 Å². The molecule has 6 aromatic rings. The highest BCUT2D eigenvalue weighted by Gasteiger charge is 2.49. The molecule has 64 heavy (non-hydrogen) atoms. The topological polar surface area (TPSA) is 148 Å². The third kappa shape index (κ3) is 5.44. The van der Waals surface area contributed by atoms with Gasteiger partial charge in [-0.25, -0.2) is 0 Å². The predicted molar refractivity (Wildman–Crippen MR) is 251 cm³/mol. The van der Waals surface area contributed by atoms with Crippen LogP contribution in [0.15, 0.2) is 83.0 Å². The summed E-state index contributed by atoms with van der Waals surface area (Å²) < 4.78 is 16.9. The number of thiophene rings is 4. The molecule has 0 atom stereocenters. The van der Waals surface area contributed by atoms with E-state index in [9.17, 15) is 30.6 Å². The van der Waals surface area contributed by atoms with E-state index in [4.69, 9.17) is 9.47 Å². The van der Waals surface area contributed by atoms with Crippen molar-refractivity contribution in [2.75, 3.05) is 0 Å². The molecule has 4 aliphatic carbocycles. The number of allylic oxidation sites excluding steroid dienone is 6. The van der Waals surface area contributed by atoms with Crippen molar-refractivity contribution in [3.63, 3.8) is 0 Å². The van der Waals surface area contributed by atoms with E-state index < -0.39 is 11.2 Å². The van der Waals surface area contributed by atoms with Crippen LogP contribution in [0.4, 0.5) is 0 Å². The van der Waals surface area contributed by atoms with Crippen LogP contribution in [0.5, 0.6) is 11.5 Å². The van der Waals surface area contributed by atoms with Crippen molar-refractivity contribution in [1.29, 1.82) is 21.0 Å². The van der Waals surface area contributed by atoms with Gasteiger partial charge in [-0.05, 0) is 86.8 Å². The molecule has 12 heteroatoms. The number of carbonyl (C=O) groups is 2. The molecular formula is C52H32N4O4S4. The van der Waals surface area contributed by atoms with Crippen LogP contribution in [0.3, 0.4) is 0 Å². The van der Waals surface area contributed by atoms with Gasteiger partial charge in [-0.15, -0.1) is 45.3 Å². The van der Waals surface area contributed by atoms with Gasteiger partial charge in [0.1, 0.15) is 46.6 Å². The maximum Gasteiger partial charge on any atom is 0.194 e. The molecule has 0 saturated heterocycles. The standard InChI is InChI=1S/C52H32N4O4S4/c53-23-27(24-54)39-31-11-3-5-13-33(31)41(57)35(39)19-29-21-37-45(61-29)47-43(59-51(37)15-7-1-8-16-51)49-50(63-47)44-48(64-49)46-38(52(60-44)17-9-2-10-18-52)22-30(62-46)20-36-40(28(25-55)26-56)32-12-4-6-14-34(32)42(36)58/h3-6,11-14,19-22H,1-2,7-10,15-18H2/b35-19-,36-20-. The van der Waals surface area contributed by atoms with Gasteiger partial charge in [0.15, 0.2) is 23.1 Å². The van der Waals surface area contributed by atoms with Crippen LogP contribution in [0, 0.1) is 45.3 Å². The number of Topliss-reactive ketones (excluding diaryl/α,β-unsaturated/α-hetero) is 2. The van der Waals surface area contributed by atoms with E-state index in [0.29, 0.717) is 44.5 Å². The number of ether oxygens (including phenoxy) is 2. The molecule has 2 fully saturated rings. The molecular weight excluding hydrogens is 873 g/mol. The highest BCUT2D eigenvalue weighted by Crippen LogP contribution is 2.66. The predicted octanol–water partition coefficient (Wildman–Crippen LogP) is 13.7. The van der Waals surface area contributed by atoms with E-state index in [1.54, 1.807) is 81.7 Å². The molecule has 6 aliphatic rings. The first-order valence-corrected chi connectivity index (χ1v) is 24.6. The Morgan fingerprint density at radius 3 is 1.27 bits per heavy atom. The molecule has 4 aromatic heterocycles. The summed E-state index contributed by atoms with van der Waals surface area (Å²) in [5, 5.41) is 39.9. The second-order valence-corrected chi connectivity index (χ2v) is 21.3. The van der Waals surface area contributed by atoms with E-state index in [1.165, 1.54) is 0 Å². The summed E-state index contributed by atoms with van der Waals surface area (Å²) in [5.41, 5.74) is 4.69. The third-order valence-corrected chi connectivity index (χ3v) is 18.6. The number of benzene rings is 2. The minimum absolute atomic E-state index is 0.0803. The first kappa shape index (κ1) is 39.0. The Hall–Kier alpha value is -6.64. The van der Waals surface area contributed by atoms with Crippen molar-refractivity contribution in [2.45, 2.75) is 75.4 Å². The average molecular weight is 905 g/mol. The number of nitriles is 4. The Kier molecular flexibility index (Phi) is 8.80. The Balaban J connectivity index is 1.02. The third-order valence-electron chi connectivity index (χ3n) is 13.7. The maximum absolute atomic E-state index is 13.9. The first-order chi connectivity index (χ1) is 31.3. The second-order valence-electron chi connectivity index (χ2n) is 17.1. The minimum Gasteiger partial charge on any atom is -0.479 e. The zero-order valence-electron chi connectivity index (χ0n) is 34.1. The van der Waals surface area contributed by atoms with Gasteiger partial charge in [0.2, 0.25) is 0 Å². The molecule has 0 N–H and O–H groups in total. The van der Waals surface area contributed by atoms with E-state index in [0.717, 1.165) is 125 Å². The molecule has 2 aromatic carbocycles. The van der Waals surface area contributed by atoms with E-state index in [2.05, 4.69) is 12.1 Å². The van der Waals surface area contributed by atoms with Crippen molar-refractivity contribution >= 4 is 89.6 Å². The summed E-state index contributed by atoms with van der Waals surface area (Å²) in [7, 11) is 0. The summed E-state index contributed by atoms with van der Waals surface area (Å²) in [6.45, 7) is 0. The first-order valence-electron chi connectivity index (χ1n) is 21.4. The van der Waals surface area contributed by atoms with E-state index in [1.807, 2.05) is 48.6 Å². The summed E-state index contributed by atoms with van der Waals surface area (Å²) in [6.07, 6.45) is 13.6. The van der Waals surface area contributed by atoms with Crippen LogP contribution in [0.1, 0.15) is 117 Å². The lowest BCUT2D eigenvalue weighted by atomic mass is 9.78. The smallest absolute Gasteiger partial charge is 0.194 e. The molecule has 2 spiro atoms. The number of ketones is 2. The second kappa shape index (κ2) is 14.4. The minimum atomic E-state index is -0.542. The zero-order valence-corrected chi connectivity index (χ0v) is 37.3. The van der Waals surface area contributed by atoms with Crippen LogP contribution < -0.4 is 9.47 Å². The van der Waals surface area contributed by atoms with Crippen molar-refractivity contribution in [2.24, 2.45) is 0 Å². The largest absolute Gasteiger partial charge is 0.479 e. The molecule has 2 saturated carbocycles. The Labute approximate surface area is 384 Å². The summed E-state index contributed by atoms with van der Waals surface area (Å²) in [4.78, 5) is 34.0. The number of hydrogen-bond acceptors (Lipinski definition) is 12. The molecule has 0 amide bonds. The van der Waals surface area contributed by atoms with E-state index in [-0.39, 0.29) is 22.7 Å². The van der Waals surface area contributed by atoms with Crippen molar-refractivity contribution < 1.29 is 19.1 Å². The Bertz CT molecular complexity index is 3190. The number of nitrogens with zero attached hydrogens (tertiary/aromatic N) is 4. The van der Waals surface area contributed by atoms with Crippen LogP contribution in [0.2, 0.25) is 0 Å². The van der Waals surface area contributed by atoms with Crippen molar-refractivity contribution in [3.05, 3.63) is 126 Å². The van der Waals surface area contributed by atoms with Crippen LogP contribution >= 0.6 is 45.3 Å². The van der Waals surface area contributed by atoms with Crippen molar-refractivity contribution in [1.82, 2.24) is 0 Å². The number of hydrogen-bond donors (Lipinski definition) is 0. The molecule has 2 aliphatic heterocycles. The monoisotopic (exact) mass is 904 g/mol. The molecule has 0 bridgehead atoms. The quantitative estimate of drug-likeness (QED) is 0.123. The number of fused-ring (bicyclic) bond motifs is 13. The number of carbonyl (C=O) groups excluding carboxylic acids is 2. The zero-order chi connectivity index (χ0) is 43.5. The van der Waals surface area contributed by atoms with Gasteiger partial charge in [0, 0.05) is 54.3 Å². The number of rotatable bonds is 2. The summed E-state index contributed by atoms with van der Waals surface area (Å²) >= 11 is 6.65. The average Bonchev–Trinajstić information content (AvgIpc) is 4.18. The molecule has 6 heterocycles. The van der Waals surface area contributed by atoms with Gasteiger partial charge >= 0.3 is 0 Å². The summed E-state index contributed by atoms with van der Waals surface area (Å²) in [5.74, 6) is 1.36. The van der Waals surface area contributed by atoms with Crippen LogP contribution in [0.25, 0.3) is 52.2 Å². The highest BCUT2D eigenvalue weighted by atomic mass is 32.1. The molecule has 0 unspecified atom stereocenters. The van der Waals surface area contributed by atoms with Crippen molar-refractivity contribution in [3.8, 4) is 55.3 Å². The summed E-state index contributed by atoms with van der Waals surface area (Å²) in [6, 6.07) is 26.8. The van der Waals surface area contributed by atoms with E-state index >= 15 is 0 Å². The lowest BCUT2D eigenvalue weighted by Crippen LogP contribution is -2.37. The normalized spacial score (nSPS) is 19.4. The van der Waals surface area contributed by atoms with Crippen LogP contribution in [-0.2, 0) is 11.2 Å². The fourth-order valence-corrected chi connectivity index (χ4v) is 16.1. The molecule has 8 nitrogen and oxygen atoms in total. The van der Waals surface area contributed by atoms with Gasteiger partial charge in [0.05, 0.1) is 28.9 Å². The van der Waals surface area contributed by atoms with Gasteiger partial charge in [-0.2, -0.15) is 21.0 Å². The molecule has 308 valence electrons. The van der Waals surface area contributed by atoms with Gasteiger partial charge < -0.3 is 9.47 Å². The van der Waals surface area contributed by atoms with Gasteiger partial charge in [-0.1, -0.05) is 61.4 Å². The maximum atomic E-state index is 13.9. The lowest BCUT2D eigenvalue weighted by molar-refractivity contribution is 0.0258.